The molecule has 0 radical (unpaired) electrons. The Morgan fingerprint density at radius 3 is 3.00 bits per heavy atom. The molecular formula is C10H10N2O3. The number of nitrogens with zero attached hydrogens (tertiary/aromatic N) is 2. The Morgan fingerprint density at radius 2 is 2.47 bits per heavy atom. The van der Waals surface area contributed by atoms with Crippen LogP contribution in [0.3, 0.4) is 0 Å². The normalized spacial score (nSPS) is 10.5. The summed E-state index contributed by atoms with van der Waals surface area (Å²) in [6, 6.07) is 3.37. The molecule has 0 aliphatic carbocycles. The summed E-state index contributed by atoms with van der Waals surface area (Å²) in [5.74, 6) is -0.180. The summed E-state index contributed by atoms with van der Waals surface area (Å²) in [5, 5.41) is 12.5. The third kappa shape index (κ3) is 2.07. The molecule has 0 fully saturated rings. The van der Waals surface area contributed by atoms with Crippen LogP contribution in [0, 0.1) is 6.92 Å². The first-order chi connectivity index (χ1) is 7.15. The van der Waals surface area contributed by atoms with Crippen molar-refractivity contribution in [3.63, 3.8) is 0 Å². The van der Waals surface area contributed by atoms with Crippen molar-refractivity contribution < 1.29 is 14.4 Å². The fourth-order valence-corrected chi connectivity index (χ4v) is 1.35. The van der Waals surface area contributed by atoms with E-state index in [1.807, 2.05) is 13.0 Å². The summed E-state index contributed by atoms with van der Waals surface area (Å²) in [5.41, 5.74) is 1.05. The maximum absolute atomic E-state index is 10.6. The Balaban J connectivity index is 2.14. The van der Waals surface area contributed by atoms with Gasteiger partial charge in [-0.15, -0.1) is 0 Å². The van der Waals surface area contributed by atoms with Gasteiger partial charge in [-0.1, -0.05) is 5.16 Å². The maximum atomic E-state index is 10.6. The summed E-state index contributed by atoms with van der Waals surface area (Å²) >= 11 is 0. The molecule has 0 aliphatic rings. The molecule has 0 spiro atoms. The first kappa shape index (κ1) is 9.51. The number of carboxylic acid groups (broad SMARTS) is 1. The molecule has 0 saturated heterocycles. The zero-order valence-electron chi connectivity index (χ0n) is 8.17. The predicted octanol–water partition coefficient (Wildman–Crippen LogP) is 1.53. The van der Waals surface area contributed by atoms with E-state index in [0.717, 1.165) is 11.5 Å². The summed E-state index contributed by atoms with van der Waals surface area (Å²) in [6.45, 7) is 2.33. The number of aromatic nitrogens is 2. The molecule has 2 rings (SSSR count). The molecule has 1 N–H and O–H groups in total. The fraction of sp³-hybridized carbons (Fsp3) is 0.200. The molecule has 15 heavy (non-hydrogen) atoms. The number of aryl methyl sites for hydroxylation is 1. The molecule has 5 nitrogen and oxygen atoms in total. The molecule has 0 aliphatic heterocycles. The minimum absolute atomic E-state index is 0.273. The molecule has 2 aromatic rings. The standard InChI is InChI=1S/C10H10N2O3/c1-7-4-9(11-15-7)6-12-3-2-8(5-12)10(13)14/h2-5H,6H2,1H3,(H,13,14). The van der Waals surface area contributed by atoms with Gasteiger partial charge >= 0.3 is 5.97 Å². The second kappa shape index (κ2) is 3.61. The van der Waals surface area contributed by atoms with Gasteiger partial charge < -0.3 is 14.2 Å². The lowest BCUT2D eigenvalue weighted by atomic mass is 10.3. The van der Waals surface area contributed by atoms with Crippen LogP contribution in [0.15, 0.2) is 29.0 Å². The van der Waals surface area contributed by atoms with E-state index in [-0.39, 0.29) is 5.56 Å². The minimum Gasteiger partial charge on any atom is -0.478 e. The maximum Gasteiger partial charge on any atom is 0.337 e. The number of hydrogen-bond acceptors (Lipinski definition) is 3. The lowest BCUT2D eigenvalue weighted by Crippen LogP contribution is -1.98. The highest BCUT2D eigenvalue weighted by atomic mass is 16.5. The number of aromatic carboxylic acids is 1. The van der Waals surface area contributed by atoms with Crippen LogP contribution < -0.4 is 0 Å². The molecule has 0 bridgehead atoms. The Morgan fingerprint density at radius 1 is 1.67 bits per heavy atom. The Hall–Kier alpha value is -2.04. The van der Waals surface area contributed by atoms with E-state index >= 15 is 0 Å². The smallest absolute Gasteiger partial charge is 0.337 e. The van der Waals surface area contributed by atoms with Crippen LogP contribution in [0.25, 0.3) is 0 Å². The summed E-state index contributed by atoms with van der Waals surface area (Å²) in [4.78, 5) is 10.6. The quantitative estimate of drug-likeness (QED) is 0.826. The van der Waals surface area contributed by atoms with Gasteiger partial charge in [0, 0.05) is 18.5 Å². The Bertz CT molecular complexity index is 484. The second-order valence-corrected chi connectivity index (χ2v) is 3.31. The van der Waals surface area contributed by atoms with Crippen molar-refractivity contribution in [1.82, 2.24) is 9.72 Å². The van der Waals surface area contributed by atoms with E-state index in [0.29, 0.717) is 6.54 Å². The lowest BCUT2D eigenvalue weighted by molar-refractivity contribution is 0.0697. The van der Waals surface area contributed by atoms with Crippen molar-refractivity contribution in [2.45, 2.75) is 13.5 Å². The lowest BCUT2D eigenvalue weighted by Gasteiger charge is -1.96. The first-order valence-electron chi connectivity index (χ1n) is 4.46. The number of rotatable bonds is 3. The van der Waals surface area contributed by atoms with Gasteiger partial charge in [0.25, 0.3) is 0 Å². The molecule has 2 heterocycles. The summed E-state index contributed by atoms with van der Waals surface area (Å²) in [7, 11) is 0. The van der Waals surface area contributed by atoms with E-state index in [4.69, 9.17) is 9.63 Å². The number of carbonyl (C=O) groups is 1. The predicted molar refractivity (Wildman–Crippen MR) is 51.7 cm³/mol. The highest BCUT2D eigenvalue weighted by Crippen LogP contribution is 2.07. The monoisotopic (exact) mass is 206 g/mol. The van der Waals surface area contributed by atoms with Gasteiger partial charge in [0.2, 0.25) is 0 Å². The van der Waals surface area contributed by atoms with Crippen molar-refractivity contribution in [2.75, 3.05) is 0 Å². The first-order valence-corrected chi connectivity index (χ1v) is 4.46. The van der Waals surface area contributed by atoms with Gasteiger partial charge in [-0.3, -0.25) is 0 Å². The van der Waals surface area contributed by atoms with Gasteiger partial charge in [-0.2, -0.15) is 0 Å². The summed E-state index contributed by atoms with van der Waals surface area (Å²) in [6.07, 6.45) is 3.26. The van der Waals surface area contributed by atoms with E-state index in [9.17, 15) is 4.79 Å². The van der Waals surface area contributed by atoms with E-state index in [2.05, 4.69) is 5.16 Å². The van der Waals surface area contributed by atoms with Gasteiger partial charge in [0.15, 0.2) is 0 Å². The number of carboxylic acids is 1. The molecule has 0 aromatic carbocycles. The molecule has 78 valence electrons. The third-order valence-electron chi connectivity index (χ3n) is 2.02. The van der Waals surface area contributed by atoms with Crippen molar-refractivity contribution in [3.05, 3.63) is 41.5 Å². The van der Waals surface area contributed by atoms with Crippen LogP contribution in [0.5, 0.6) is 0 Å². The van der Waals surface area contributed by atoms with Crippen molar-refractivity contribution in [2.24, 2.45) is 0 Å². The molecule has 0 amide bonds. The minimum atomic E-state index is -0.926. The van der Waals surface area contributed by atoms with Crippen molar-refractivity contribution in [1.29, 1.82) is 0 Å². The molecular weight excluding hydrogens is 196 g/mol. The molecule has 5 heteroatoms. The van der Waals surface area contributed by atoms with E-state index in [1.54, 1.807) is 23.0 Å². The van der Waals surface area contributed by atoms with Gasteiger partial charge in [-0.25, -0.2) is 4.79 Å². The van der Waals surface area contributed by atoms with Gasteiger partial charge in [-0.05, 0) is 13.0 Å². The Kier molecular flexibility index (Phi) is 2.29. The van der Waals surface area contributed by atoms with Crippen molar-refractivity contribution in [3.8, 4) is 0 Å². The highest BCUT2D eigenvalue weighted by Gasteiger charge is 2.06. The van der Waals surface area contributed by atoms with Crippen LogP contribution in [0.2, 0.25) is 0 Å². The van der Waals surface area contributed by atoms with E-state index < -0.39 is 5.97 Å². The zero-order chi connectivity index (χ0) is 10.8. The van der Waals surface area contributed by atoms with Crippen LogP contribution in [0.1, 0.15) is 21.8 Å². The number of hydrogen-bond donors (Lipinski definition) is 1. The zero-order valence-corrected chi connectivity index (χ0v) is 8.17. The van der Waals surface area contributed by atoms with Gasteiger partial charge in [0.05, 0.1) is 12.1 Å². The van der Waals surface area contributed by atoms with Crippen LogP contribution in [0.4, 0.5) is 0 Å². The summed E-state index contributed by atoms with van der Waals surface area (Å²) < 4.78 is 6.66. The average molecular weight is 206 g/mol. The molecule has 0 unspecified atom stereocenters. The largest absolute Gasteiger partial charge is 0.478 e. The fourth-order valence-electron chi connectivity index (χ4n) is 1.35. The molecule has 2 aromatic heterocycles. The molecule has 0 saturated carbocycles. The highest BCUT2D eigenvalue weighted by molar-refractivity contribution is 5.87. The van der Waals surface area contributed by atoms with Crippen LogP contribution in [-0.2, 0) is 6.54 Å². The van der Waals surface area contributed by atoms with Crippen LogP contribution >= 0.6 is 0 Å². The van der Waals surface area contributed by atoms with E-state index in [1.165, 1.54) is 0 Å². The van der Waals surface area contributed by atoms with Crippen molar-refractivity contribution >= 4 is 5.97 Å². The van der Waals surface area contributed by atoms with Gasteiger partial charge in [0.1, 0.15) is 11.5 Å². The Labute approximate surface area is 85.9 Å². The third-order valence-corrected chi connectivity index (χ3v) is 2.02. The second-order valence-electron chi connectivity index (χ2n) is 3.31. The molecule has 0 atom stereocenters. The SMILES string of the molecule is Cc1cc(Cn2ccc(C(=O)O)c2)no1. The van der Waals surface area contributed by atoms with Crippen LogP contribution in [-0.4, -0.2) is 20.8 Å². The average Bonchev–Trinajstić information content (AvgIpc) is 2.76. The topological polar surface area (TPSA) is 68.3 Å².